The third-order valence-corrected chi connectivity index (χ3v) is 4.79. The van der Waals surface area contributed by atoms with Gasteiger partial charge in [0.15, 0.2) is 11.5 Å². The van der Waals surface area contributed by atoms with Crippen LogP contribution in [-0.4, -0.2) is 44.1 Å². The van der Waals surface area contributed by atoms with E-state index in [1.54, 1.807) is 42.5 Å². The predicted molar refractivity (Wildman–Crippen MR) is 104 cm³/mol. The molecule has 0 fully saturated rings. The molecule has 0 bridgehead atoms. The lowest BCUT2D eigenvalue weighted by atomic mass is 9.94. The average molecular weight is 422 g/mol. The van der Waals surface area contributed by atoms with Crippen molar-refractivity contribution < 1.29 is 32.2 Å². The number of hydrazone groups is 1. The van der Waals surface area contributed by atoms with Crippen LogP contribution in [0, 0.1) is 5.92 Å². The number of carbonyl (C=O) groups is 1. The average Bonchev–Trinajstić information content (AvgIpc) is 2.74. The second kappa shape index (κ2) is 8.64. The summed E-state index contributed by atoms with van der Waals surface area (Å²) in [7, 11) is 4.41. The summed E-state index contributed by atoms with van der Waals surface area (Å²) in [4.78, 5) is 12.5. The molecule has 0 aromatic heterocycles. The van der Waals surface area contributed by atoms with Crippen LogP contribution < -0.4 is 14.2 Å². The number of nitrogens with zero attached hydrogens (tertiary/aromatic N) is 2. The summed E-state index contributed by atoms with van der Waals surface area (Å²) in [5.74, 6) is -1.85. The topological polar surface area (TPSA) is 60.4 Å². The van der Waals surface area contributed by atoms with Gasteiger partial charge in [-0.05, 0) is 35.9 Å². The van der Waals surface area contributed by atoms with E-state index in [1.807, 2.05) is 0 Å². The standard InChI is InChI=1S/C21H21F3N2O4/c1-28-15-7-4-13(5-8-15)12-26-20(27)16(21(22,23)24)11-17(25-26)14-6-9-18(29-2)19(10-14)30-3/h4-10,16H,11-12H2,1-3H3. The molecule has 1 heterocycles. The molecule has 30 heavy (non-hydrogen) atoms. The summed E-state index contributed by atoms with van der Waals surface area (Å²) in [6.07, 6.45) is -5.23. The lowest BCUT2D eigenvalue weighted by molar-refractivity contribution is -0.189. The zero-order valence-corrected chi connectivity index (χ0v) is 16.7. The Morgan fingerprint density at radius 3 is 2.23 bits per heavy atom. The van der Waals surface area contributed by atoms with Crippen molar-refractivity contribution >= 4 is 11.6 Å². The highest BCUT2D eigenvalue weighted by atomic mass is 19.4. The van der Waals surface area contributed by atoms with Gasteiger partial charge in [0.25, 0.3) is 5.91 Å². The van der Waals surface area contributed by atoms with Crippen molar-refractivity contribution in [2.24, 2.45) is 11.0 Å². The second-order valence-corrected chi connectivity index (χ2v) is 6.66. The molecule has 0 spiro atoms. The number of alkyl halides is 3. The molecule has 1 amide bonds. The first-order valence-corrected chi connectivity index (χ1v) is 9.07. The van der Waals surface area contributed by atoms with Crippen LogP contribution in [0.3, 0.4) is 0 Å². The van der Waals surface area contributed by atoms with Crippen molar-refractivity contribution in [3.05, 3.63) is 53.6 Å². The first-order valence-electron chi connectivity index (χ1n) is 9.07. The number of halogens is 3. The quantitative estimate of drug-likeness (QED) is 0.705. The Kier molecular flexibility index (Phi) is 6.19. The molecule has 1 unspecified atom stereocenters. The molecule has 9 heteroatoms. The van der Waals surface area contributed by atoms with Gasteiger partial charge in [0.2, 0.25) is 0 Å². The van der Waals surface area contributed by atoms with Crippen molar-refractivity contribution in [2.75, 3.05) is 21.3 Å². The van der Waals surface area contributed by atoms with Crippen molar-refractivity contribution in [1.82, 2.24) is 5.01 Å². The molecule has 0 saturated heterocycles. The van der Waals surface area contributed by atoms with Crippen LogP contribution in [0.4, 0.5) is 13.2 Å². The molecule has 2 aromatic carbocycles. The highest BCUT2D eigenvalue weighted by molar-refractivity contribution is 6.05. The molecule has 6 nitrogen and oxygen atoms in total. The van der Waals surface area contributed by atoms with E-state index in [9.17, 15) is 18.0 Å². The van der Waals surface area contributed by atoms with Gasteiger partial charge in [-0.3, -0.25) is 4.79 Å². The molecule has 0 radical (unpaired) electrons. The Morgan fingerprint density at radius 2 is 1.67 bits per heavy atom. The SMILES string of the molecule is COc1ccc(CN2N=C(c3ccc(OC)c(OC)c3)CC(C(F)(F)F)C2=O)cc1. The highest BCUT2D eigenvalue weighted by Gasteiger charge is 2.49. The van der Waals surface area contributed by atoms with E-state index in [1.165, 1.54) is 21.3 Å². The number of hydrogen-bond acceptors (Lipinski definition) is 5. The van der Waals surface area contributed by atoms with Gasteiger partial charge in [0, 0.05) is 12.0 Å². The summed E-state index contributed by atoms with van der Waals surface area (Å²) >= 11 is 0. The molecule has 1 atom stereocenters. The molecule has 3 rings (SSSR count). The Hall–Kier alpha value is -3.23. The van der Waals surface area contributed by atoms with Gasteiger partial charge in [-0.25, -0.2) is 5.01 Å². The minimum Gasteiger partial charge on any atom is -0.497 e. The van der Waals surface area contributed by atoms with Gasteiger partial charge >= 0.3 is 6.18 Å². The smallest absolute Gasteiger partial charge is 0.400 e. The number of hydrogen-bond donors (Lipinski definition) is 0. The molecule has 1 aliphatic rings. The minimum absolute atomic E-state index is 0.0911. The van der Waals surface area contributed by atoms with Crippen LogP contribution in [0.15, 0.2) is 47.6 Å². The van der Waals surface area contributed by atoms with Crippen LogP contribution in [0.2, 0.25) is 0 Å². The summed E-state index contributed by atoms with van der Waals surface area (Å²) in [6.45, 7) is -0.0911. The molecule has 0 N–H and O–H groups in total. The van der Waals surface area contributed by atoms with E-state index in [0.717, 1.165) is 5.01 Å². The molecule has 160 valence electrons. The van der Waals surface area contributed by atoms with E-state index < -0.39 is 24.4 Å². The van der Waals surface area contributed by atoms with E-state index in [2.05, 4.69) is 5.10 Å². The van der Waals surface area contributed by atoms with Gasteiger partial charge in [0.1, 0.15) is 11.7 Å². The normalized spacial score (nSPS) is 16.9. The zero-order valence-electron chi connectivity index (χ0n) is 16.7. The molecule has 0 saturated carbocycles. The van der Waals surface area contributed by atoms with Crippen molar-refractivity contribution in [2.45, 2.75) is 19.1 Å². The summed E-state index contributed by atoms with van der Waals surface area (Å²) in [5.41, 5.74) is 1.20. The summed E-state index contributed by atoms with van der Waals surface area (Å²) in [6, 6.07) is 11.4. The second-order valence-electron chi connectivity index (χ2n) is 6.66. The predicted octanol–water partition coefficient (Wildman–Crippen LogP) is 4.03. The molecule has 0 aliphatic carbocycles. The Bertz CT molecular complexity index is 942. The van der Waals surface area contributed by atoms with E-state index in [0.29, 0.717) is 28.4 Å². The maximum absolute atomic E-state index is 13.6. The fourth-order valence-electron chi connectivity index (χ4n) is 3.16. The molecule has 2 aromatic rings. The molecule has 1 aliphatic heterocycles. The number of benzene rings is 2. The van der Waals surface area contributed by atoms with Crippen LogP contribution in [-0.2, 0) is 11.3 Å². The van der Waals surface area contributed by atoms with E-state index in [-0.39, 0.29) is 12.3 Å². The number of amides is 1. The van der Waals surface area contributed by atoms with Gasteiger partial charge < -0.3 is 14.2 Å². The van der Waals surface area contributed by atoms with Gasteiger partial charge in [-0.2, -0.15) is 18.3 Å². The minimum atomic E-state index is -4.69. The summed E-state index contributed by atoms with van der Waals surface area (Å²) in [5, 5.41) is 5.11. The van der Waals surface area contributed by atoms with E-state index >= 15 is 0 Å². The van der Waals surface area contributed by atoms with Crippen LogP contribution >= 0.6 is 0 Å². The van der Waals surface area contributed by atoms with Crippen LogP contribution in [0.1, 0.15) is 17.5 Å². The van der Waals surface area contributed by atoms with E-state index in [4.69, 9.17) is 14.2 Å². The van der Waals surface area contributed by atoms with Gasteiger partial charge in [-0.1, -0.05) is 12.1 Å². The Labute approximate surface area is 171 Å². The monoisotopic (exact) mass is 422 g/mol. The van der Waals surface area contributed by atoms with Crippen molar-refractivity contribution in [3.8, 4) is 17.2 Å². The van der Waals surface area contributed by atoms with Crippen LogP contribution in [0.5, 0.6) is 17.2 Å². The van der Waals surface area contributed by atoms with Crippen molar-refractivity contribution in [3.63, 3.8) is 0 Å². The van der Waals surface area contributed by atoms with Crippen molar-refractivity contribution in [1.29, 1.82) is 0 Å². The maximum atomic E-state index is 13.6. The maximum Gasteiger partial charge on any atom is 0.400 e. The fraction of sp³-hybridized carbons (Fsp3) is 0.333. The first-order chi connectivity index (χ1) is 14.3. The fourth-order valence-corrected chi connectivity index (χ4v) is 3.16. The van der Waals surface area contributed by atoms with Crippen LogP contribution in [0.25, 0.3) is 0 Å². The largest absolute Gasteiger partial charge is 0.497 e. The number of methoxy groups -OCH3 is 3. The zero-order chi connectivity index (χ0) is 21.9. The number of carbonyl (C=O) groups excluding carboxylic acids is 1. The Balaban J connectivity index is 1.98. The first kappa shape index (κ1) is 21.5. The third kappa shape index (κ3) is 4.50. The van der Waals surface area contributed by atoms with Gasteiger partial charge in [-0.15, -0.1) is 0 Å². The lowest BCUT2D eigenvalue weighted by Crippen LogP contribution is -2.45. The third-order valence-electron chi connectivity index (χ3n) is 4.79. The molecular formula is C21H21F3N2O4. The highest BCUT2D eigenvalue weighted by Crippen LogP contribution is 2.36. The Morgan fingerprint density at radius 1 is 1.00 bits per heavy atom. The number of ether oxygens (including phenoxy) is 3. The lowest BCUT2D eigenvalue weighted by Gasteiger charge is -2.31. The van der Waals surface area contributed by atoms with Gasteiger partial charge in [0.05, 0.1) is 33.6 Å². The number of rotatable bonds is 6. The molecular weight excluding hydrogens is 401 g/mol. The summed E-state index contributed by atoms with van der Waals surface area (Å²) < 4.78 is 56.3.